The second-order valence-electron chi connectivity index (χ2n) is 5.56. The normalized spacial score (nSPS) is 10.2. The third-order valence-corrected chi connectivity index (χ3v) is 4.16. The topological polar surface area (TPSA) is 105 Å². The number of rotatable bonds is 7. The average molecular weight is 411 g/mol. The number of likely N-dealkylation sites (N-methyl/N-ethyl adjacent to an activating group) is 1. The van der Waals surface area contributed by atoms with Crippen LogP contribution in [-0.4, -0.2) is 41.8 Å². The monoisotopic (exact) mass is 410 g/mol. The molecule has 27 heavy (non-hydrogen) atoms. The third-order valence-electron chi connectivity index (χ3n) is 3.53. The minimum Gasteiger partial charge on any atom is -0.376 e. The highest BCUT2D eigenvalue weighted by Crippen LogP contribution is 2.29. The molecule has 0 saturated carbocycles. The lowest BCUT2D eigenvalue weighted by Crippen LogP contribution is -2.38. The molecule has 0 fully saturated rings. The minimum absolute atomic E-state index is 0.0863. The zero-order chi connectivity index (χ0) is 20.0. The molecule has 10 heteroatoms. The van der Waals surface area contributed by atoms with Crippen molar-refractivity contribution in [3.8, 4) is 0 Å². The van der Waals surface area contributed by atoms with Gasteiger partial charge in [-0.15, -0.1) is 0 Å². The van der Waals surface area contributed by atoms with E-state index in [9.17, 15) is 19.7 Å². The zero-order valence-electron chi connectivity index (χ0n) is 14.2. The predicted molar refractivity (Wildman–Crippen MR) is 104 cm³/mol. The van der Waals surface area contributed by atoms with Crippen molar-refractivity contribution in [1.82, 2.24) is 4.90 Å². The summed E-state index contributed by atoms with van der Waals surface area (Å²) in [4.78, 5) is 35.7. The highest BCUT2D eigenvalue weighted by Gasteiger charge is 2.15. The number of para-hydroxylation sites is 1. The molecule has 0 aliphatic rings. The van der Waals surface area contributed by atoms with Gasteiger partial charge in [-0.3, -0.25) is 19.7 Å². The van der Waals surface area contributed by atoms with Crippen LogP contribution < -0.4 is 10.6 Å². The Hall–Kier alpha value is -2.84. The summed E-state index contributed by atoms with van der Waals surface area (Å²) in [7, 11) is 1.46. The summed E-state index contributed by atoms with van der Waals surface area (Å²) < 4.78 is 0. The molecular weight excluding hydrogens is 395 g/mol. The molecule has 0 aromatic heterocycles. The molecular formula is C17H16Cl2N4O4. The van der Waals surface area contributed by atoms with Gasteiger partial charge in [0, 0.05) is 24.9 Å². The maximum absolute atomic E-state index is 12.2. The van der Waals surface area contributed by atoms with Gasteiger partial charge in [0.1, 0.15) is 0 Å². The Morgan fingerprint density at radius 2 is 1.78 bits per heavy atom. The van der Waals surface area contributed by atoms with Crippen LogP contribution in [0.2, 0.25) is 10.0 Å². The van der Waals surface area contributed by atoms with Crippen LogP contribution in [-0.2, 0) is 9.59 Å². The Labute approximate surface area is 165 Å². The molecule has 2 aromatic carbocycles. The molecule has 0 bridgehead atoms. The van der Waals surface area contributed by atoms with Crippen molar-refractivity contribution in [1.29, 1.82) is 0 Å². The molecule has 0 radical (unpaired) electrons. The Kier molecular flexibility index (Phi) is 6.98. The number of hydrogen-bond acceptors (Lipinski definition) is 5. The number of amides is 2. The molecule has 0 aliphatic carbocycles. The number of nitro benzene ring substituents is 1. The molecule has 2 rings (SSSR count). The molecule has 0 heterocycles. The first kappa shape index (κ1) is 20.5. The number of nitrogens with zero attached hydrogens (tertiary/aromatic N) is 2. The Balaban J connectivity index is 1.89. The number of non-ortho nitro benzene ring substituents is 1. The van der Waals surface area contributed by atoms with E-state index in [2.05, 4.69) is 10.6 Å². The summed E-state index contributed by atoms with van der Waals surface area (Å²) in [6.45, 7) is -0.338. The summed E-state index contributed by atoms with van der Waals surface area (Å²) in [5.74, 6) is -0.835. The van der Waals surface area contributed by atoms with E-state index in [1.165, 1.54) is 30.1 Å². The first-order valence-corrected chi connectivity index (χ1v) is 8.49. The van der Waals surface area contributed by atoms with E-state index in [0.717, 1.165) is 0 Å². The minimum atomic E-state index is -0.524. The van der Waals surface area contributed by atoms with Crippen LogP contribution in [0.15, 0.2) is 42.5 Å². The van der Waals surface area contributed by atoms with Gasteiger partial charge in [0.15, 0.2) is 0 Å². The fraction of sp³-hybridized carbons (Fsp3) is 0.176. The highest BCUT2D eigenvalue weighted by molar-refractivity contribution is 6.39. The van der Waals surface area contributed by atoms with E-state index >= 15 is 0 Å². The molecule has 2 N–H and O–H groups in total. The molecule has 0 atom stereocenters. The van der Waals surface area contributed by atoms with E-state index in [-0.39, 0.29) is 40.4 Å². The molecule has 0 unspecified atom stereocenters. The Morgan fingerprint density at radius 3 is 2.41 bits per heavy atom. The summed E-state index contributed by atoms with van der Waals surface area (Å²) >= 11 is 12.0. The van der Waals surface area contributed by atoms with Gasteiger partial charge in [0.25, 0.3) is 5.69 Å². The van der Waals surface area contributed by atoms with Crippen molar-refractivity contribution in [3.63, 3.8) is 0 Å². The molecule has 0 aliphatic heterocycles. The van der Waals surface area contributed by atoms with Gasteiger partial charge in [-0.1, -0.05) is 35.3 Å². The summed E-state index contributed by atoms with van der Waals surface area (Å²) in [5.41, 5.74) is 0.622. The number of anilines is 2. The van der Waals surface area contributed by atoms with Crippen LogP contribution in [0.25, 0.3) is 0 Å². The standard InChI is InChI=1S/C17H16Cl2N4O4/c1-22(10-15(24)21-17-13(18)6-3-7-14(17)19)16(25)9-20-11-4-2-5-12(8-11)23(26)27/h2-8,20H,9-10H2,1H3,(H,21,24). The predicted octanol–water partition coefficient (Wildman–Crippen LogP) is 3.41. The molecule has 2 aromatic rings. The third kappa shape index (κ3) is 5.83. The Morgan fingerprint density at radius 1 is 1.15 bits per heavy atom. The lowest BCUT2D eigenvalue weighted by Gasteiger charge is -2.18. The Bertz CT molecular complexity index is 856. The van der Waals surface area contributed by atoms with Crippen LogP contribution in [0.3, 0.4) is 0 Å². The smallest absolute Gasteiger partial charge is 0.271 e. The van der Waals surface area contributed by atoms with Crippen molar-refractivity contribution < 1.29 is 14.5 Å². The van der Waals surface area contributed by atoms with Gasteiger partial charge in [-0.05, 0) is 18.2 Å². The van der Waals surface area contributed by atoms with E-state index in [1.54, 1.807) is 24.3 Å². The molecule has 142 valence electrons. The van der Waals surface area contributed by atoms with Crippen molar-refractivity contribution in [2.45, 2.75) is 0 Å². The lowest BCUT2D eigenvalue weighted by atomic mass is 10.3. The van der Waals surface area contributed by atoms with Gasteiger partial charge in [-0.25, -0.2) is 0 Å². The van der Waals surface area contributed by atoms with Crippen molar-refractivity contribution in [3.05, 3.63) is 62.6 Å². The van der Waals surface area contributed by atoms with Gasteiger partial charge in [0.05, 0.1) is 33.7 Å². The summed E-state index contributed by atoms with van der Waals surface area (Å²) in [6, 6.07) is 10.6. The average Bonchev–Trinajstić information content (AvgIpc) is 2.63. The SMILES string of the molecule is CN(CC(=O)Nc1c(Cl)cccc1Cl)C(=O)CNc1cccc([N+](=O)[O-])c1. The number of benzene rings is 2. The molecule has 0 spiro atoms. The molecule has 0 saturated heterocycles. The number of carbonyl (C=O) groups excluding carboxylic acids is 2. The van der Waals surface area contributed by atoms with Gasteiger partial charge in [-0.2, -0.15) is 0 Å². The van der Waals surface area contributed by atoms with Crippen molar-refractivity contribution in [2.24, 2.45) is 0 Å². The van der Waals surface area contributed by atoms with E-state index in [4.69, 9.17) is 23.2 Å². The second-order valence-corrected chi connectivity index (χ2v) is 6.37. The second kappa shape index (κ2) is 9.20. The fourth-order valence-corrected chi connectivity index (χ4v) is 2.63. The van der Waals surface area contributed by atoms with E-state index < -0.39 is 10.8 Å². The number of nitrogens with one attached hydrogen (secondary N) is 2. The van der Waals surface area contributed by atoms with E-state index in [0.29, 0.717) is 5.69 Å². The summed E-state index contributed by atoms with van der Waals surface area (Å²) in [5, 5.41) is 16.7. The van der Waals surface area contributed by atoms with Crippen molar-refractivity contribution in [2.75, 3.05) is 30.8 Å². The number of hydrogen-bond donors (Lipinski definition) is 2. The first-order valence-electron chi connectivity index (χ1n) is 7.74. The molecule has 8 nitrogen and oxygen atoms in total. The van der Waals surface area contributed by atoms with Crippen LogP contribution in [0, 0.1) is 10.1 Å². The van der Waals surface area contributed by atoms with Crippen LogP contribution >= 0.6 is 23.2 Å². The maximum Gasteiger partial charge on any atom is 0.271 e. The van der Waals surface area contributed by atoms with Crippen LogP contribution in [0.4, 0.5) is 17.1 Å². The van der Waals surface area contributed by atoms with Crippen LogP contribution in [0.5, 0.6) is 0 Å². The zero-order valence-corrected chi connectivity index (χ0v) is 15.8. The van der Waals surface area contributed by atoms with E-state index in [1.807, 2.05) is 0 Å². The van der Waals surface area contributed by atoms with Crippen LogP contribution in [0.1, 0.15) is 0 Å². The number of carbonyl (C=O) groups is 2. The highest BCUT2D eigenvalue weighted by atomic mass is 35.5. The van der Waals surface area contributed by atoms with Gasteiger partial charge < -0.3 is 15.5 Å². The quantitative estimate of drug-likeness (QED) is 0.537. The summed E-state index contributed by atoms with van der Waals surface area (Å²) in [6.07, 6.45) is 0. The van der Waals surface area contributed by atoms with Gasteiger partial charge in [0.2, 0.25) is 11.8 Å². The maximum atomic E-state index is 12.2. The number of nitro groups is 1. The first-order chi connectivity index (χ1) is 12.8. The largest absolute Gasteiger partial charge is 0.376 e. The fourth-order valence-electron chi connectivity index (χ4n) is 2.14. The molecule has 2 amide bonds. The van der Waals surface area contributed by atoms with Gasteiger partial charge >= 0.3 is 0 Å². The lowest BCUT2D eigenvalue weighted by molar-refractivity contribution is -0.384. The van der Waals surface area contributed by atoms with Crippen molar-refractivity contribution >= 4 is 52.1 Å². The number of halogens is 2.